The van der Waals surface area contributed by atoms with E-state index in [1.165, 1.54) is 12.1 Å². The molecule has 2 aromatic rings. The maximum Gasteiger partial charge on any atom is 0.153 e. The number of nitrogen functional groups attached to an aromatic ring is 1. The van der Waals surface area contributed by atoms with Crippen molar-refractivity contribution in [3.05, 3.63) is 35.5 Å². The van der Waals surface area contributed by atoms with Crippen LogP contribution in [0.2, 0.25) is 0 Å². The van der Waals surface area contributed by atoms with Crippen LogP contribution in [-0.2, 0) is 0 Å². The third kappa shape index (κ3) is 1.89. The monoisotopic (exact) mass is 263 g/mol. The van der Waals surface area contributed by atoms with Crippen molar-refractivity contribution < 1.29 is 8.78 Å². The topological polar surface area (TPSA) is 54.7 Å². The molecule has 0 aliphatic heterocycles. The number of nitrogens with one attached hydrogen (secondary N) is 1. The Kier molecular flexibility index (Phi) is 2.42. The quantitative estimate of drug-likeness (QED) is 0.871. The van der Waals surface area contributed by atoms with E-state index >= 15 is 0 Å². The molecule has 19 heavy (non-hydrogen) atoms. The van der Waals surface area contributed by atoms with Gasteiger partial charge in [-0.25, -0.2) is 8.78 Å². The largest absolute Gasteiger partial charge is 0.382 e. The normalized spacial score (nSPS) is 20.5. The molecule has 1 aliphatic rings. The summed E-state index contributed by atoms with van der Waals surface area (Å²) in [7, 11) is 0. The van der Waals surface area contributed by atoms with E-state index in [1.807, 2.05) is 0 Å². The molecule has 5 heteroatoms. The lowest BCUT2D eigenvalue weighted by atomic mass is 9.99. The highest BCUT2D eigenvalue weighted by Gasteiger charge is 2.49. The molecule has 1 aromatic carbocycles. The fraction of sp³-hybridized carbons (Fsp3) is 0.357. The molecule has 1 atom stereocenters. The van der Waals surface area contributed by atoms with Gasteiger partial charge in [0.2, 0.25) is 0 Å². The van der Waals surface area contributed by atoms with Crippen molar-refractivity contribution in [1.82, 2.24) is 10.2 Å². The van der Waals surface area contributed by atoms with Gasteiger partial charge in [0.1, 0.15) is 11.6 Å². The van der Waals surface area contributed by atoms with E-state index in [0.717, 1.165) is 18.2 Å². The Morgan fingerprint density at radius 3 is 2.63 bits per heavy atom. The molecular weight excluding hydrogens is 248 g/mol. The number of aromatic amines is 1. The summed E-state index contributed by atoms with van der Waals surface area (Å²) < 4.78 is 26.9. The molecule has 1 saturated carbocycles. The van der Waals surface area contributed by atoms with Gasteiger partial charge in [-0.1, -0.05) is 13.8 Å². The number of nitrogens with zero attached hydrogens (tertiary/aromatic N) is 1. The lowest BCUT2D eigenvalue weighted by molar-refractivity contribution is 0.585. The van der Waals surface area contributed by atoms with Gasteiger partial charge in [0.25, 0.3) is 0 Å². The molecule has 0 spiro atoms. The number of rotatable bonds is 2. The first-order valence-corrected chi connectivity index (χ1v) is 6.19. The lowest BCUT2D eigenvalue weighted by Gasteiger charge is -2.07. The van der Waals surface area contributed by atoms with Gasteiger partial charge in [0.15, 0.2) is 5.82 Å². The van der Waals surface area contributed by atoms with E-state index in [1.54, 1.807) is 0 Å². The first-order chi connectivity index (χ1) is 8.90. The minimum atomic E-state index is -0.618. The number of nitrogens with two attached hydrogens (primary N) is 1. The average molecular weight is 263 g/mol. The standard InChI is InChI=1S/C14H15F2N3/c1-14(2)6-9(14)12-11(13(17)19-18-12)8-4-3-7(15)5-10(8)16/h3-5,9H,6H2,1-2H3,(H3,17,18,19). The van der Waals surface area contributed by atoms with E-state index in [2.05, 4.69) is 24.0 Å². The van der Waals surface area contributed by atoms with E-state index in [-0.39, 0.29) is 17.2 Å². The average Bonchev–Trinajstić information content (AvgIpc) is 2.78. The van der Waals surface area contributed by atoms with Gasteiger partial charge in [0.05, 0.1) is 0 Å². The molecule has 0 saturated heterocycles. The summed E-state index contributed by atoms with van der Waals surface area (Å²) in [6.45, 7) is 4.28. The zero-order valence-electron chi connectivity index (χ0n) is 10.8. The minimum Gasteiger partial charge on any atom is -0.382 e. The van der Waals surface area contributed by atoms with Gasteiger partial charge in [-0.3, -0.25) is 5.10 Å². The summed E-state index contributed by atoms with van der Waals surface area (Å²) in [6.07, 6.45) is 1.00. The molecule has 100 valence electrons. The maximum atomic E-state index is 13.9. The molecule has 0 radical (unpaired) electrons. The molecule has 1 heterocycles. The summed E-state index contributed by atoms with van der Waals surface area (Å²) >= 11 is 0. The second-order valence-electron chi connectivity index (χ2n) is 5.77. The smallest absolute Gasteiger partial charge is 0.153 e. The van der Waals surface area contributed by atoms with Gasteiger partial charge < -0.3 is 5.73 Å². The van der Waals surface area contributed by atoms with Crippen LogP contribution >= 0.6 is 0 Å². The van der Waals surface area contributed by atoms with Crippen molar-refractivity contribution in [2.75, 3.05) is 5.73 Å². The Hall–Kier alpha value is -1.91. The van der Waals surface area contributed by atoms with Gasteiger partial charge in [-0.2, -0.15) is 5.10 Å². The molecule has 3 rings (SSSR count). The number of anilines is 1. The number of hydrogen-bond acceptors (Lipinski definition) is 2. The number of hydrogen-bond donors (Lipinski definition) is 2. The molecule has 3 N–H and O–H groups in total. The minimum absolute atomic E-state index is 0.171. The second kappa shape index (κ2) is 3.79. The first kappa shape index (κ1) is 12.1. The van der Waals surface area contributed by atoms with E-state index < -0.39 is 11.6 Å². The van der Waals surface area contributed by atoms with Crippen molar-refractivity contribution in [2.45, 2.75) is 26.2 Å². The van der Waals surface area contributed by atoms with Crippen molar-refractivity contribution in [1.29, 1.82) is 0 Å². The van der Waals surface area contributed by atoms with E-state index in [4.69, 9.17) is 5.73 Å². The van der Waals surface area contributed by atoms with Crippen LogP contribution in [0.1, 0.15) is 31.9 Å². The van der Waals surface area contributed by atoms with Crippen molar-refractivity contribution >= 4 is 5.82 Å². The van der Waals surface area contributed by atoms with Gasteiger partial charge >= 0.3 is 0 Å². The number of benzene rings is 1. The number of aromatic nitrogens is 2. The molecule has 1 unspecified atom stereocenters. The van der Waals surface area contributed by atoms with Crippen LogP contribution in [0.15, 0.2) is 18.2 Å². The highest BCUT2D eigenvalue weighted by atomic mass is 19.1. The van der Waals surface area contributed by atoms with Crippen molar-refractivity contribution in [2.24, 2.45) is 5.41 Å². The van der Waals surface area contributed by atoms with Crippen LogP contribution < -0.4 is 5.73 Å². The first-order valence-electron chi connectivity index (χ1n) is 6.19. The lowest BCUT2D eigenvalue weighted by Crippen LogP contribution is -1.96. The maximum absolute atomic E-state index is 13.9. The summed E-state index contributed by atoms with van der Waals surface area (Å²) in [6, 6.07) is 3.50. The Labute approximate surface area is 109 Å². The highest BCUT2D eigenvalue weighted by Crippen LogP contribution is 2.60. The van der Waals surface area contributed by atoms with Crippen LogP contribution in [0.4, 0.5) is 14.6 Å². The Bertz CT molecular complexity index is 646. The van der Waals surface area contributed by atoms with Crippen LogP contribution in [0.3, 0.4) is 0 Å². The zero-order valence-corrected chi connectivity index (χ0v) is 10.8. The Balaban J connectivity index is 2.12. The fourth-order valence-electron chi connectivity index (χ4n) is 2.56. The highest BCUT2D eigenvalue weighted by molar-refractivity contribution is 5.77. The van der Waals surface area contributed by atoms with Crippen LogP contribution in [0.25, 0.3) is 11.1 Å². The molecular formula is C14H15F2N3. The fourth-order valence-corrected chi connectivity index (χ4v) is 2.56. The van der Waals surface area contributed by atoms with E-state index in [0.29, 0.717) is 11.1 Å². The molecule has 3 nitrogen and oxygen atoms in total. The SMILES string of the molecule is CC1(C)CC1c1[nH]nc(N)c1-c1ccc(F)cc1F. The number of H-pyrrole nitrogens is 1. The third-order valence-corrected chi connectivity index (χ3v) is 3.88. The van der Waals surface area contributed by atoms with Crippen LogP contribution in [0, 0.1) is 17.0 Å². The summed E-state index contributed by atoms with van der Waals surface area (Å²) in [5.74, 6) is -0.676. The second-order valence-corrected chi connectivity index (χ2v) is 5.77. The van der Waals surface area contributed by atoms with Crippen molar-refractivity contribution in [3.8, 4) is 11.1 Å². The summed E-state index contributed by atoms with van der Waals surface area (Å²) in [4.78, 5) is 0. The molecule has 1 aromatic heterocycles. The molecule has 0 amide bonds. The Morgan fingerprint density at radius 1 is 1.37 bits per heavy atom. The molecule has 1 aliphatic carbocycles. The molecule has 1 fully saturated rings. The van der Waals surface area contributed by atoms with Crippen LogP contribution in [-0.4, -0.2) is 10.2 Å². The van der Waals surface area contributed by atoms with Gasteiger partial charge in [-0.05, 0) is 24.0 Å². The Morgan fingerprint density at radius 2 is 2.05 bits per heavy atom. The van der Waals surface area contributed by atoms with Crippen LogP contribution in [0.5, 0.6) is 0 Å². The van der Waals surface area contributed by atoms with Gasteiger partial charge in [-0.15, -0.1) is 0 Å². The summed E-state index contributed by atoms with van der Waals surface area (Å²) in [5.41, 5.74) is 7.70. The third-order valence-electron chi connectivity index (χ3n) is 3.88. The van der Waals surface area contributed by atoms with E-state index in [9.17, 15) is 8.78 Å². The number of halogens is 2. The molecule has 0 bridgehead atoms. The van der Waals surface area contributed by atoms with Crippen molar-refractivity contribution in [3.63, 3.8) is 0 Å². The predicted octanol–water partition coefficient (Wildman–Crippen LogP) is 3.45. The van der Waals surface area contributed by atoms with Gasteiger partial charge in [0, 0.05) is 28.8 Å². The zero-order chi connectivity index (χ0) is 13.8. The summed E-state index contributed by atoms with van der Waals surface area (Å²) in [5, 5.41) is 6.87. The predicted molar refractivity (Wildman–Crippen MR) is 69.5 cm³/mol.